The molecule has 2 heterocycles. The first kappa shape index (κ1) is 13.3. The molecule has 0 fully saturated rings. The van der Waals surface area contributed by atoms with Crippen LogP contribution in [0, 0.1) is 20.8 Å². The third kappa shape index (κ3) is 2.16. The van der Waals surface area contributed by atoms with Crippen LogP contribution in [0.4, 0.5) is 0 Å². The highest BCUT2D eigenvalue weighted by molar-refractivity contribution is 5.63. The number of aromatic nitrogens is 3. The van der Waals surface area contributed by atoms with E-state index >= 15 is 0 Å². The number of aromatic amines is 1. The molecule has 0 spiro atoms. The van der Waals surface area contributed by atoms with Crippen molar-refractivity contribution >= 4 is 0 Å². The van der Waals surface area contributed by atoms with Crippen LogP contribution in [-0.4, -0.2) is 14.5 Å². The Labute approximate surface area is 121 Å². The van der Waals surface area contributed by atoms with Gasteiger partial charge >= 0.3 is 5.69 Å². The maximum Gasteiger partial charge on any atom is 0.349 e. The van der Waals surface area contributed by atoms with Crippen LogP contribution in [0.15, 0.2) is 39.9 Å². The second-order valence-electron chi connectivity index (χ2n) is 5.21. The number of hydrogen-bond acceptors (Lipinski definition) is 3. The second-order valence-corrected chi connectivity index (χ2v) is 5.21. The lowest BCUT2D eigenvalue weighted by molar-refractivity contribution is 0.897. The molecule has 2 aliphatic rings. The smallest absolute Gasteiger partial charge is 0.298 e. The van der Waals surface area contributed by atoms with E-state index in [2.05, 4.69) is 9.97 Å². The van der Waals surface area contributed by atoms with Gasteiger partial charge in [0.25, 0.3) is 5.56 Å². The summed E-state index contributed by atoms with van der Waals surface area (Å²) in [5, 5.41) is 0. The third-order valence-electron chi connectivity index (χ3n) is 3.52. The van der Waals surface area contributed by atoms with Crippen molar-refractivity contribution in [2.75, 3.05) is 0 Å². The number of aryl methyl sites for hydroxylation is 3. The molecule has 1 aromatic carbocycles. The van der Waals surface area contributed by atoms with Crippen molar-refractivity contribution in [1.82, 2.24) is 14.5 Å². The number of H-pyrrole nitrogens is 1. The summed E-state index contributed by atoms with van der Waals surface area (Å²) in [6, 6.07) is 9.78. The van der Waals surface area contributed by atoms with Crippen LogP contribution in [0.5, 0.6) is 0 Å². The highest BCUT2D eigenvalue weighted by Crippen LogP contribution is 2.25. The molecule has 21 heavy (non-hydrogen) atoms. The molecular formula is C16H15N3O2. The maximum atomic E-state index is 12.1. The molecule has 0 amide bonds. The van der Waals surface area contributed by atoms with Crippen LogP contribution in [-0.2, 0) is 0 Å². The third-order valence-corrected chi connectivity index (χ3v) is 3.52. The van der Waals surface area contributed by atoms with E-state index in [1.54, 1.807) is 0 Å². The Morgan fingerprint density at radius 3 is 2.57 bits per heavy atom. The normalized spacial score (nSPS) is 11.0. The van der Waals surface area contributed by atoms with E-state index in [1.165, 1.54) is 0 Å². The Balaban J connectivity index is 2.48. The Morgan fingerprint density at radius 2 is 1.86 bits per heavy atom. The SMILES string of the molecule is Cc1cccc(-n2c(C)cc(C)c3c(=O)[nH]c(=O)nc2-3)c1. The average molecular weight is 281 g/mol. The molecule has 0 unspecified atom stereocenters. The molecule has 0 bridgehead atoms. The number of nitrogens with one attached hydrogen (secondary N) is 1. The van der Waals surface area contributed by atoms with E-state index in [0.29, 0.717) is 11.4 Å². The molecule has 5 heteroatoms. The number of nitrogens with zero attached hydrogens (tertiary/aromatic N) is 2. The maximum absolute atomic E-state index is 12.1. The summed E-state index contributed by atoms with van der Waals surface area (Å²) in [6.07, 6.45) is 0. The monoisotopic (exact) mass is 281 g/mol. The largest absolute Gasteiger partial charge is 0.349 e. The van der Waals surface area contributed by atoms with E-state index in [4.69, 9.17) is 0 Å². The fraction of sp³-hybridized carbons (Fsp3) is 0.188. The highest BCUT2D eigenvalue weighted by Gasteiger charge is 2.19. The Morgan fingerprint density at radius 1 is 1.10 bits per heavy atom. The van der Waals surface area contributed by atoms with Crippen LogP contribution >= 0.6 is 0 Å². The zero-order valence-electron chi connectivity index (χ0n) is 12.1. The molecule has 106 valence electrons. The lowest BCUT2D eigenvalue weighted by Gasteiger charge is -2.19. The number of hydrogen-bond donors (Lipinski definition) is 1. The molecular weight excluding hydrogens is 266 g/mol. The summed E-state index contributed by atoms with van der Waals surface area (Å²) in [5.41, 5.74) is 3.13. The van der Waals surface area contributed by atoms with Crippen molar-refractivity contribution in [2.24, 2.45) is 0 Å². The fourth-order valence-corrected chi connectivity index (χ4v) is 2.67. The van der Waals surface area contributed by atoms with E-state index in [-0.39, 0.29) is 0 Å². The predicted molar refractivity (Wildman–Crippen MR) is 81.3 cm³/mol. The fourth-order valence-electron chi connectivity index (χ4n) is 2.67. The minimum absolute atomic E-state index is 0.395. The first-order valence-corrected chi connectivity index (χ1v) is 6.67. The molecule has 0 atom stereocenters. The van der Waals surface area contributed by atoms with Crippen molar-refractivity contribution in [3.05, 3.63) is 68.0 Å². The van der Waals surface area contributed by atoms with Gasteiger partial charge < -0.3 is 0 Å². The van der Waals surface area contributed by atoms with Gasteiger partial charge in [-0.25, -0.2) is 4.79 Å². The molecule has 2 aliphatic heterocycles. The summed E-state index contributed by atoms with van der Waals surface area (Å²) in [5.74, 6) is 0.395. The Kier molecular flexibility index (Phi) is 2.97. The van der Waals surface area contributed by atoms with Crippen LogP contribution < -0.4 is 11.2 Å². The Bertz CT molecular complexity index is 922. The minimum Gasteiger partial charge on any atom is -0.298 e. The van der Waals surface area contributed by atoms with Crippen LogP contribution in [0.3, 0.4) is 0 Å². The number of fused-ring (bicyclic) bond motifs is 1. The molecule has 1 aromatic rings. The lowest BCUT2D eigenvalue weighted by Crippen LogP contribution is -2.28. The summed E-state index contributed by atoms with van der Waals surface area (Å²) in [6.45, 7) is 5.77. The van der Waals surface area contributed by atoms with Crippen LogP contribution in [0.1, 0.15) is 16.8 Å². The molecule has 0 saturated carbocycles. The van der Waals surface area contributed by atoms with E-state index < -0.39 is 11.2 Å². The van der Waals surface area contributed by atoms with Gasteiger partial charge in [0.15, 0.2) is 5.82 Å². The second kappa shape index (κ2) is 4.70. The molecule has 5 nitrogen and oxygen atoms in total. The molecule has 0 aliphatic carbocycles. The quantitative estimate of drug-likeness (QED) is 0.741. The number of pyridine rings is 1. The van der Waals surface area contributed by atoms with Gasteiger partial charge in [0.05, 0.1) is 5.56 Å². The van der Waals surface area contributed by atoms with Gasteiger partial charge in [-0.05, 0) is 50.1 Å². The van der Waals surface area contributed by atoms with Crippen molar-refractivity contribution < 1.29 is 0 Å². The van der Waals surface area contributed by atoms with Gasteiger partial charge in [-0.15, -0.1) is 0 Å². The zero-order valence-corrected chi connectivity index (χ0v) is 12.1. The average Bonchev–Trinajstić information content (AvgIpc) is 2.37. The molecule has 3 rings (SSSR count). The van der Waals surface area contributed by atoms with Crippen molar-refractivity contribution in [2.45, 2.75) is 20.8 Å². The first-order valence-electron chi connectivity index (χ1n) is 6.67. The Hall–Kier alpha value is -2.69. The zero-order chi connectivity index (χ0) is 15.1. The number of benzene rings is 1. The predicted octanol–water partition coefficient (Wildman–Crippen LogP) is 1.95. The van der Waals surface area contributed by atoms with Gasteiger partial charge in [-0.1, -0.05) is 12.1 Å². The lowest BCUT2D eigenvalue weighted by atomic mass is 10.1. The van der Waals surface area contributed by atoms with Gasteiger partial charge in [0.1, 0.15) is 0 Å². The first-order chi connectivity index (χ1) is 9.97. The molecule has 0 radical (unpaired) electrons. The topological polar surface area (TPSA) is 67.8 Å². The summed E-state index contributed by atoms with van der Waals surface area (Å²) in [4.78, 5) is 29.9. The summed E-state index contributed by atoms with van der Waals surface area (Å²) in [7, 11) is 0. The van der Waals surface area contributed by atoms with Crippen molar-refractivity contribution in [3.8, 4) is 17.1 Å². The van der Waals surface area contributed by atoms with Crippen LogP contribution in [0.2, 0.25) is 0 Å². The van der Waals surface area contributed by atoms with Gasteiger partial charge in [-0.2, -0.15) is 4.98 Å². The molecule has 0 saturated heterocycles. The summed E-state index contributed by atoms with van der Waals surface area (Å²) >= 11 is 0. The minimum atomic E-state index is -0.626. The van der Waals surface area contributed by atoms with E-state index in [9.17, 15) is 9.59 Å². The van der Waals surface area contributed by atoms with Crippen molar-refractivity contribution in [3.63, 3.8) is 0 Å². The molecule has 0 aromatic heterocycles. The van der Waals surface area contributed by atoms with Crippen molar-refractivity contribution in [1.29, 1.82) is 0 Å². The highest BCUT2D eigenvalue weighted by atomic mass is 16.2. The van der Waals surface area contributed by atoms with Gasteiger partial charge in [0.2, 0.25) is 0 Å². The summed E-state index contributed by atoms with van der Waals surface area (Å²) < 4.78 is 1.84. The van der Waals surface area contributed by atoms with Crippen LogP contribution in [0.25, 0.3) is 17.1 Å². The van der Waals surface area contributed by atoms with Gasteiger partial charge in [0, 0.05) is 11.4 Å². The van der Waals surface area contributed by atoms with Gasteiger partial charge in [-0.3, -0.25) is 14.3 Å². The molecule has 1 N–H and O–H groups in total. The number of rotatable bonds is 1. The van der Waals surface area contributed by atoms with E-state index in [0.717, 1.165) is 22.5 Å². The van der Waals surface area contributed by atoms with E-state index in [1.807, 2.05) is 55.7 Å². The standard InChI is InChI=1S/C16H15N3O2/c1-9-5-4-6-12(7-9)19-11(3)8-10(2)13-14(19)17-16(21)18-15(13)20/h4-8H,1-3H3,(H,18,20,21).